The van der Waals surface area contributed by atoms with E-state index in [0.29, 0.717) is 6.42 Å². The summed E-state index contributed by atoms with van der Waals surface area (Å²) in [5, 5.41) is 9.57. The van der Waals surface area contributed by atoms with E-state index in [4.69, 9.17) is 5.73 Å². The molecule has 1 amide bonds. The molecular formula is C14H28N2O2. The van der Waals surface area contributed by atoms with Crippen LogP contribution in [0.25, 0.3) is 0 Å². The van der Waals surface area contributed by atoms with Crippen LogP contribution in [0, 0.1) is 0 Å². The number of aliphatic hydroxyl groups excluding tert-OH is 1. The Morgan fingerprint density at radius 1 is 1.44 bits per heavy atom. The number of likely N-dealkylation sites (tertiary alicyclic amines) is 1. The van der Waals surface area contributed by atoms with E-state index in [1.54, 1.807) is 6.92 Å². The van der Waals surface area contributed by atoms with Crippen LogP contribution in [0.4, 0.5) is 0 Å². The highest BCUT2D eigenvalue weighted by molar-refractivity contribution is 5.82. The molecule has 1 rings (SSSR count). The van der Waals surface area contributed by atoms with Gasteiger partial charge in [0.1, 0.15) is 0 Å². The van der Waals surface area contributed by atoms with Gasteiger partial charge in [0, 0.05) is 12.6 Å². The normalized spacial score (nSPS) is 24.4. The van der Waals surface area contributed by atoms with Crippen LogP contribution < -0.4 is 5.73 Å². The highest BCUT2D eigenvalue weighted by Gasteiger charge is 2.29. The number of hydrogen-bond donors (Lipinski definition) is 2. The zero-order valence-corrected chi connectivity index (χ0v) is 11.8. The molecule has 0 aromatic rings. The maximum absolute atomic E-state index is 12.4. The van der Waals surface area contributed by atoms with Gasteiger partial charge in [0.05, 0.1) is 12.1 Å². The summed E-state index contributed by atoms with van der Waals surface area (Å²) in [6.45, 7) is 4.63. The van der Waals surface area contributed by atoms with Crippen molar-refractivity contribution in [3.8, 4) is 0 Å². The van der Waals surface area contributed by atoms with Crippen LogP contribution in [-0.4, -0.2) is 40.6 Å². The minimum absolute atomic E-state index is 0.0735. The lowest BCUT2D eigenvalue weighted by Gasteiger charge is -2.33. The van der Waals surface area contributed by atoms with Crippen molar-refractivity contribution in [2.24, 2.45) is 5.73 Å². The topological polar surface area (TPSA) is 66.6 Å². The molecule has 0 aliphatic carbocycles. The molecule has 0 radical (unpaired) electrons. The molecule has 106 valence electrons. The molecule has 0 aromatic carbocycles. The molecule has 4 nitrogen and oxygen atoms in total. The molecule has 1 fully saturated rings. The summed E-state index contributed by atoms with van der Waals surface area (Å²) in [5.74, 6) is 0.0735. The first-order valence-corrected chi connectivity index (χ1v) is 7.30. The standard InChI is InChI=1S/C14H28N2O2/c1-3-7-13(15)14(18)16-9-6-4-5-8-12(16)10-11(2)17/h11-13,17H,3-10,15H2,1-2H3/t11?,12?,13-/m1/s1. The van der Waals surface area contributed by atoms with Gasteiger partial charge in [0.25, 0.3) is 0 Å². The van der Waals surface area contributed by atoms with E-state index in [-0.39, 0.29) is 24.1 Å². The second kappa shape index (κ2) is 7.74. The Kier molecular flexibility index (Phi) is 6.65. The number of aliphatic hydroxyl groups is 1. The van der Waals surface area contributed by atoms with Crippen molar-refractivity contribution < 1.29 is 9.90 Å². The lowest BCUT2D eigenvalue weighted by atomic mass is 10.0. The van der Waals surface area contributed by atoms with Crippen LogP contribution in [0.3, 0.4) is 0 Å². The van der Waals surface area contributed by atoms with E-state index in [9.17, 15) is 9.90 Å². The van der Waals surface area contributed by atoms with Gasteiger partial charge in [-0.2, -0.15) is 0 Å². The summed E-state index contributed by atoms with van der Waals surface area (Å²) in [7, 11) is 0. The van der Waals surface area contributed by atoms with Crippen molar-refractivity contribution in [2.45, 2.75) is 77.0 Å². The fourth-order valence-electron chi connectivity index (χ4n) is 2.75. The van der Waals surface area contributed by atoms with E-state index in [1.165, 1.54) is 6.42 Å². The molecule has 0 saturated carbocycles. The Morgan fingerprint density at radius 2 is 2.17 bits per heavy atom. The number of amides is 1. The largest absolute Gasteiger partial charge is 0.393 e. The van der Waals surface area contributed by atoms with Gasteiger partial charge in [-0.3, -0.25) is 4.79 Å². The first-order valence-electron chi connectivity index (χ1n) is 7.30. The first-order chi connectivity index (χ1) is 8.56. The molecule has 1 aliphatic rings. The van der Waals surface area contributed by atoms with Crippen molar-refractivity contribution >= 4 is 5.91 Å². The molecule has 2 unspecified atom stereocenters. The monoisotopic (exact) mass is 256 g/mol. The van der Waals surface area contributed by atoms with E-state index in [1.807, 2.05) is 11.8 Å². The fourth-order valence-corrected chi connectivity index (χ4v) is 2.75. The first kappa shape index (κ1) is 15.4. The number of hydrogen-bond acceptors (Lipinski definition) is 3. The van der Waals surface area contributed by atoms with Gasteiger partial charge < -0.3 is 15.7 Å². The molecule has 1 aliphatic heterocycles. The van der Waals surface area contributed by atoms with E-state index in [2.05, 4.69) is 0 Å². The minimum atomic E-state index is -0.371. The molecule has 3 N–H and O–H groups in total. The minimum Gasteiger partial charge on any atom is -0.393 e. The number of rotatable bonds is 5. The summed E-state index contributed by atoms with van der Waals surface area (Å²) in [5.41, 5.74) is 5.95. The van der Waals surface area contributed by atoms with Crippen molar-refractivity contribution in [2.75, 3.05) is 6.54 Å². The van der Waals surface area contributed by atoms with Gasteiger partial charge in [0.2, 0.25) is 5.91 Å². The second-order valence-corrected chi connectivity index (χ2v) is 5.51. The average Bonchev–Trinajstić information content (AvgIpc) is 2.53. The van der Waals surface area contributed by atoms with Crippen molar-refractivity contribution in [1.29, 1.82) is 0 Å². The van der Waals surface area contributed by atoms with Crippen molar-refractivity contribution in [1.82, 2.24) is 4.90 Å². The third-order valence-electron chi connectivity index (χ3n) is 3.69. The van der Waals surface area contributed by atoms with Crippen LogP contribution in [0.15, 0.2) is 0 Å². The summed E-state index contributed by atoms with van der Waals surface area (Å²) >= 11 is 0. The number of carbonyl (C=O) groups excluding carboxylic acids is 1. The van der Waals surface area contributed by atoms with E-state index >= 15 is 0 Å². The Labute approximate surface area is 111 Å². The average molecular weight is 256 g/mol. The quantitative estimate of drug-likeness (QED) is 0.786. The lowest BCUT2D eigenvalue weighted by Crippen LogP contribution is -2.49. The van der Waals surface area contributed by atoms with Crippen LogP contribution in [0.5, 0.6) is 0 Å². The van der Waals surface area contributed by atoms with Gasteiger partial charge in [-0.15, -0.1) is 0 Å². The SMILES string of the molecule is CCC[C@@H](N)C(=O)N1CCCCCC1CC(C)O. The highest BCUT2D eigenvalue weighted by Crippen LogP contribution is 2.21. The summed E-state index contributed by atoms with van der Waals surface area (Å²) in [6.07, 6.45) is 6.36. The van der Waals surface area contributed by atoms with Crippen molar-refractivity contribution in [3.05, 3.63) is 0 Å². The van der Waals surface area contributed by atoms with Crippen molar-refractivity contribution in [3.63, 3.8) is 0 Å². The molecule has 3 atom stereocenters. The molecule has 18 heavy (non-hydrogen) atoms. The van der Waals surface area contributed by atoms with Gasteiger partial charge in [-0.25, -0.2) is 0 Å². The molecule has 0 aromatic heterocycles. The Balaban J connectivity index is 2.68. The zero-order chi connectivity index (χ0) is 13.5. The third kappa shape index (κ3) is 4.58. The van der Waals surface area contributed by atoms with Gasteiger partial charge >= 0.3 is 0 Å². The lowest BCUT2D eigenvalue weighted by molar-refractivity contribution is -0.135. The molecule has 1 saturated heterocycles. The number of carbonyl (C=O) groups is 1. The maximum atomic E-state index is 12.4. The fraction of sp³-hybridized carbons (Fsp3) is 0.929. The molecule has 4 heteroatoms. The molecular weight excluding hydrogens is 228 g/mol. The van der Waals surface area contributed by atoms with Crippen LogP contribution in [-0.2, 0) is 4.79 Å². The van der Waals surface area contributed by atoms with Crippen LogP contribution in [0.1, 0.15) is 58.8 Å². The molecule has 0 spiro atoms. The molecule has 1 heterocycles. The van der Waals surface area contributed by atoms with Crippen LogP contribution in [0.2, 0.25) is 0 Å². The van der Waals surface area contributed by atoms with Crippen LogP contribution >= 0.6 is 0 Å². The Bertz CT molecular complexity index is 256. The van der Waals surface area contributed by atoms with Gasteiger partial charge in [0.15, 0.2) is 0 Å². The summed E-state index contributed by atoms with van der Waals surface area (Å²) < 4.78 is 0. The Morgan fingerprint density at radius 3 is 2.78 bits per heavy atom. The summed E-state index contributed by atoms with van der Waals surface area (Å²) in [4.78, 5) is 14.3. The third-order valence-corrected chi connectivity index (χ3v) is 3.69. The highest BCUT2D eigenvalue weighted by atomic mass is 16.3. The summed E-state index contributed by atoms with van der Waals surface area (Å²) in [6, 6.07) is -0.201. The zero-order valence-electron chi connectivity index (χ0n) is 11.8. The van der Waals surface area contributed by atoms with Gasteiger partial charge in [-0.1, -0.05) is 26.2 Å². The maximum Gasteiger partial charge on any atom is 0.239 e. The van der Waals surface area contributed by atoms with Gasteiger partial charge in [-0.05, 0) is 32.6 Å². The number of nitrogens with two attached hydrogens (primary N) is 1. The number of nitrogens with zero attached hydrogens (tertiary/aromatic N) is 1. The predicted molar refractivity (Wildman–Crippen MR) is 73.2 cm³/mol. The van der Waals surface area contributed by atoms with E-state index < -0.39 is 0 Å². The van der Waals surface area contributed by atoms with E-state index in [0.717, 1.165) is 38.6 Å². The predicted octanol–water partition coefficient (Wildman–Crippen LogP) is 1.66. The second-order valence-electron chi connectivity index (χ2n) is 5.51. The Hall–Kier alpha value is -0.610. The smallest absolute Gasteiger partial charge is 0.239 e. The molecule has 0 bridgehead atoms.